The third kappa shape index (κ3) is 7.11. The van der Waals surface area contributed by atoms with E-state index in [1.165, 1.54) is 29.2 Å². The smallest absolute Gasteiger partial charge is 0.261 e. The highest BCUT2D eigenvalue weighted by atomic mass is 35.5. The predicted molar refractivity (Wildman–Crippen MR) is 121 cm³/mol. The average Bonchev–Trinajstić information content (AvgIpc) is 2.74. The Morgan fingerprint density at radius 3 is 2.23 bits per heavy atom. The molecule has 2 unspecified atom stereocenters. The predicted octanol–water partition coefficient (Wildman–Crippen LogP) is 5.23. The van der Waals surface area contributed by atoms with Crippen LogP contribution in [0.5, 0.6) is 5.75 Å². The molecule has 31 heavy (non-hydrogen) atoms. The van der Waals surface area contributed by atoms with Gasteiger partial charge in [0.2, 0.25) is 5.91 Å². The number of hydrogen-bond donors (Lipinski definition) is 1. The van der Waals surface area contributed by atoms with E-state index in [1.807, 2.05) is 20.8 Å². The quantitative estimate of drug-likeness (QED) is 0.518. The van der Waals surface area contributed by atoms with Crippen molar-refractivity contribution in [3.63, 3.8) is 0 Å². The lowest BCUT2D eigenvalue weighted by molar-refractivity contribution is -0.143. The number of carbonyl (C=O) groups excluding carboxylic acids is 2. The first-order valence-corrected chi connectivity index (χ1v) is 10.9. The summed E-state index contributed by atoms with van der Waals surface area (Å²) in [5, 5.41) is 3.74. The molecule has 2 aromatic rings. The number of nitrogens with zero attached hydrogens (tertiary/aromatic N) is 1. The van der Waals surface area contributed by atoms with Crippen LogP contribution in [-0.4, -0.2) is 35.4 Å². The SMILES string of the molecule is CCC(C)NC(=O)C(CC)N(Cc1c(Cl)cccc1Cl)C(=O)COc1ccc(F)cc1. The van der Waals surface area contributed by atoms with Crippen molar-refractivity contribution in [1.82, 2.24) is 10.2 Å². The van der Waals surface area contributed by atoms with Gasteiger partial charge in [-0.05, 0) is 56.2 Å². The van der Waals surface area contributed by atoms with Crippen molar-refractivity contribution in [2.45, 2.75) is 52.2 Å². The minimum atomic E-state index is -0.731. The summed E-state index contributed by atoms with van der Waals surface area (Å²) >= 11 is 12.6. The minimum absolute atomic E-state index is 0.0298. The molecule has 0 spiro atoms. The van der Waals surface area contributed by atoms with Gasteiger partial charge in [0.05, 0.1) is 0 Å². The molecule has 2 atom stereocenters. The molecule has 0 saturated carbocycles. The summed E-state index contributed by atoms with van der Waals surface area (Å²) in [5.41, 5.74) is 0.552. The zero-order valence-corrected chi connectivity index (χ0v) is 19.3. The van der Waals surface area contributed by atoms with Crippen LogP contribution in [0.2, 0.25) is 10.0 Å². The Bertz CT molecular complexity index is 873. The highest BCUT2D eigenvalue weighted by Gasteiger charge is 2.30. The van der Waals surface area contributed by atoms with Gasteiger partial charge in [-0.25, -0.2) is 4.39 Å². The van der Waals surface area contributed by atoms with Crippen molar-refractivity contribution in [3.05, 3.63) is 63.9 Å². The molecule has 5 nitrogen and oxygen atoms in total. The molecule has 0 saturated heterocycles. The van der Waals surface area contributed by atoms with Gasteiger partial charge < -0.3 is 15.0 Å². The highest BCUT2D eigenvalue weighted by molar-refractivity contribution is 6.36. The van der Waals surface area contributed by atoms with E-state index in [1.54, 1.807) is 18.2 Å². The van der Waals surface area contributed by atoms with Crippen molar-refractivity contribution >= 4 is 35.0 Å². The summed E-state index contributed by atoms with van der Waals surface area (Å²) in [6, 6.07) is 9.68. The summed E-state index contributed by atoms with van der Waals surface area (Å²) in [4.78, 5) is 27.5. The standard InChI is InChI=1S/C23H27Cl2FN2O3/c1-4-15(3)27-23(30)21(5-2)28(13-18-19(24)7-6-8-20(18)25)22(29)14-31-17-11-9-16(26)10-12-17/h6-12,15,21H,4-5,13-14H2,1-3H3,(H,27,30). The highest BCUT2D eigenvalue weighted by Crippen LogP contribution is 2.27. The molecule has 0 heterocycles. The molecule has 0 aliphatic rings. The van der Waals surface area contributed by atoms with Gasteiger partial charge in [-0.15, -0.1) is 0 Å². The van der Waals surface area contributed by atoms with Crippen LogP contribution in [0.1, 0.15) is 39.2 Å². The van der Waals surface area contributed by atoms with Crippen molar-refractivity contribution in [2.24, 2.45) is 0 Å². The number of carbonyl (C=O) groups is 2. The number of hydrogen-bond acceptors (Lipinski definition) is 3. The van der Waals surface area contributed by atoms with E-state index in [0.29, 0.717) is 27.8 Å². The molecule has 0 bridgehead atoms. The van der Waals surface area contributed by atoms with Gasteiger partial charge in [-0.1, -0.05) is 43.1 Å². The van der Waals surface area contributed by atoms with E-state index < -0.39 is 17.8 Å². The van der Waals surface area contributed by atoms with E-state index in [9.17, 15) is 14.0 Å². The van der Waals surface area contributed by atoms with Crippen LogP contribution < -0.4 is 10.1 Å². The third-order valence-corrected chi connectivity index (χ3v) is 5.66. The fourth-order valence-corrected chi connectivity index (χ4v) is 3.49. The maximum atomic E-state index is 13.1. The number of amides is 2. The van der Waals surface area contributed by atoms with Crippen LogP contribution in [0.3, 0.4) is 0 Å². The van der Waals surface area contributed by atoms with Gasteiger partial charge in [-0.3, -0.25) is 9.59 Å². The molecule has 1 N–H and O–H groups in total. The molecule has 2 aromatic carbocycles. The monoisotopic (exact) mass is 468 g/mol. The molecule has 168 valence electrons. The molecule has 0 aliphatic heterocycles. The van der Waals surface area contributed by atoms with Crippen molar-refractivity contribution in [2.75, 3.05) is 6.61 Å². The first kappa shape index (κ1) is 25.0. The fourth-order valence-electron chi connectivity index (χ4n) is 2.97. The number of rotatable bonds is 10. The van der Waals surface area contributed by atoms with Gasteiger partial charge in [-0.2, -0.15) is 0 Å². The summed E-state index contributed by atoms with van der Waals surface area (Å²) in [6.07, 6.45) is 1.16. The Kier molecular flexibility index (Phi) is 9.59. The molecule has 0 radical (unpaired) electrons. The zero-order chi connectivity index (χ0) is 23.0. The Morgan fingerprint density at radius 1 is 1.06 bits per heavy atom. The van der Waals surface area contributed by atoms with Crippen LogP contribution in [0.15, 0.2) is 42.5 Å². The Morgan fingerprint density at radius 2 is 1.68 bits per heavy atom. The largest absolute Gasteiger partial charge is 0.484 e. The second-order valence-electron chi connectivity index (χ2n) is 7.21. The summed E-state index contributed by atoms with van der Waals surface area (Å²) in [6.45, 7) is 5.43. The van der Waals surface area contributed by atoms with Crippen LogP contribution in [-0.2, 0) is 16.1 Å². The number of ether oxygens (including phenoxy) is 1. The van der Waals surface area contributed by atoms with Gasteiger partial charge >= 0.3 is 0 Å². The lowest BCUT2D eigenvalue weighted by Gasteiger charge is -2.31. The van der Waals surface area contributed by atoms with Crippen LogP contribution in [0.4, 0.5) is 4.39 Å². The second-order valence-corrected chi connectivity index (χ2v) is 8.02. The third-order valence-electron chi connectivity index (χ3n) is 4.95. The number of halogens is 3. The van der Waals surface area contributed by atoms with E-state index in [2.05, 4.69) is 5.32 Å². The lowest BCUT2D eigenvalue weighted by atomic mass is 10.1. The number of nitrogens with one attached hydrogen (secondary N) is 1. The molecule has 0 aliphatic carbocycles. The fraction of sp³-hybridized carbons (Fsp3) is 0.391. The van der Waals surface area contributed by atoms with Crippen molar-refractivity contribution < 1.29 is 18.7 Å². The first-order valence-electron chi connectivity index (χ1n) is 10.2. The van der Waals surface area contributed by atoms with E-state index in [0.717, 1.165) is 6.42 Å². The van der Waals surface area contributed by atoms with Gasteiger partial charge in [0.25, 0.3) is 5.91 Å². The molecule has 0 aromatic heterocycles. The molecule has 0 fully saturated rings. The van der Waals surface area contributed by atoms with Crippen LogP contribution >= 0.6 is 23.2 Å². The van der Waals surface area contributed by atoms with Gasteiger partial charge in [0, 0.05) is 28.2 Å². The maximum Gasteiger partial charge on any atom is 0.261 e. The normalized spacial score (nSPS) is 12.7. The maximum absolute atomic E-state index is 13.1. The van der Waals surface area contributed by atoms with Crippen LogP contribution in [0.25, 0.3) is 0 Å². The lowest BCUT2D eigenvalue weighted by Crippen LogP contribution is -2.51. The average molecular weight is 469 g/mol. The second kappa shape index (κ2) is 11.9. The van der Waals surface area contributed by atoms with Gasteiger partial charge in [0.1, 0.15) is 17.6 Å². The number of benzene rings is 2. The Hall–Kier alpha value is -2.31. The van der Waals surface area contributed by atoms with Crippen molar-refractivity contribution in [1.29, 1.82) is 0 Å². The molecule has 2 amide bonds. The Balaban J connectivity index is 2.27. The summed E-state index contributed by atoms with van der Waals surface area (Å²) in [5.74, 6) is -0.717. The summed E-state index contributed by atoms with van der Waals surface area (Å²) < 4.78 is 18.6. The molecule has 2 rings (SSSR count). The van der Waals surface area contributed by atoms with E-state index in [4.69, 9.17) is 27.9 Å². The molecule has 8 heteroatoms. The van der Waals surface area contributed by atoms with E-state index >= 15 is 0 Å². The van der Waals surface area contributed by atoms with E-state index in [-0.39, 0.29) is 25.1 Å². The molecular weight excluding hydrogens is 442 g/mol. The topological polar surface area (TPSA) is 58.6 Å². The first-order chi connectivity index (χ1) is 14.8. The zero-order valence-electron chi connectivity index (χ0n) is 17.8. The Labute approximate surface area is 192 Å². The molecular formula is C23H27Cl2FN2O3. The minimum Gasteiger partial charge on any atom is -0.484 e. The summed E-state index contributed by atoms with van der Waals surface area (Å²) in [7, 11) is 0. The van der Waals surface area contributed by atoms with Gasteiger partial charge in [0.15, 0.2) is 6.61 Å². The van der Waals surface area contributed by atoms with Crippen LogP contribution in [0, 0.1) is 5.82 Å². The van der Waals surface area contributed by atoms with Crippen molar-refractivity contribution in [3.8, 4) is 5.75 Å².